The summed E-state index contributed by atoms with van der Waals surface area (Å²) in [5, 5.41) is 3.05. The van der Waals surface area contributed by atoms with Gasteiger partial charge in [0.15, 0.2) is 0 Å². The summed E-state index contributed by atoms with van der Waals surface area (Å²) in [5.41, 5.74) is 1.42. The normalized spacial score (nSPS) is 21.7. The second kappa shape index (κ2) is 7.91. The molecule has 0 bridgehead atoms. The van der Waals surface area contributed by atoms with Crippen molar-refractivity contribution < 1.29 is 14.4 Å². The van der Waals surface area contributed by atoms with Gasteiger partial charge in [-0.15, -0.1) is 0 Å². The molecule has 0 spiro atoms. The predicted octanol–water partition coefficient (Wildman–Crippen LogP) is 1.24. The highest BCUT2D eigenvalue weighted by molar-refractivity contribution is 5.99. The summed E-state index contributed by atoms with van der Waals surface area (Å²) in [5.74, 6) is 0.199. The van der Waals surface area contributed by atoms with E-state index in [0.717, 1.165) is 31.5 Å². The van der Waals surface area contributed by atoms with E-state index in [4.69, 9.17) is 0 Å². The molecular formula is C21H28N4O3. The maximum Gasteiger partial charge on any atom is 0.254 e. The Labute approximate surface area is 165 Å². The summed E-state index contributed by atoms with van der Waals surface area (Å²) in [4.78, 5) is 42.9. The Morgan fingerprint density at radius 1 is 1.11 bits per heavy atom. The van der Waals surface area contributed by atoms with Crippen LogP contribution in [-0.4, -0.2) is 72.3 Å². The van der Waals surface area contributed by atoms with Gasteiger partial charge in [-0.1, -0.05) is 6.07 Å². The number of nitrogens with one attached hydrogen (secondary N) is 1. The third-order valence-corrected chi connectivity index (χ3v) is 5.93. The fraction of sp³-hybridized carbons (Fsp3) is 0.571. The lowest BCUT2D eigenvalue weighted by Crippen LogP contribution is -2.55. The summed E-state index contributed by atoms with van der Waals surface area (Å²) in [6.07, 6.45) is 3.61. The fourth-order valence-corrected chi connectivity index (χ4v) is 3.94. The first-order chi connectivity index (χ1) is 13.5. The number of benzene rings is 1. The Hall–Kier alpha value is -2.41. The molecule has 2 saturated heterocycles. The van der Waals surface area contributed by atoms with Gasteiger partial charge in [0.2, 0.25) is 11.8 Å². The van der Waals surface area contributed by atoms with Crippen molar-refractivity contribution in [1.29, 1.82) is 0 Å². The number of piperazine rings is 1. The van der Waals surface area contributed by atoms with Gasteiger partial charge in [0.25, 0.3) is 5.91 Å². The quantitative estimate of drug-likeness (QED) is 0.829. The molecule has 2 aliphatic heterocycles. The van der Waals surface area contributed by atoms with Crippen LogP contribution in [0, 0.1) is 0 Å². The molecule has 7 nitrogen and oxygen atoms in total. The molecule has 3 fully saturated rings. The maximum absolute atomic E-state index is 12.9. The van der Waals surface area contributed by atoms with Gasteiger partial charge in [0, 0.05) is 56.4 Å². The van der Waals surface area contributed by atoms with Crippen molar-refractivity contribution in [1.82, 2.24) is 15.1 Å². The van der Waals surface area contributed by atoms with Crippen LogP contribution < -0.4 is 10.2 Å². The number of carbonyl (C=O) groups excluding carboxylic acids is 3. The van der Waals surface area contributed by atoms with Gasteiger partial charge < -0.3 is 15.1 Å². The Balaban J connectivity index is 1.35. The number of hydrogen-bond donors (Lipinski definition) is 1. The lowest BCUT2D eigenvalue weighted by molar-refractivity contribution is -0.126. The van der Waals surface area contributed by atoms with Gasteiger partial charge in [-0.2, -0.15) is 0 Å². The highest BCUT2D eigenvalue weighted by Crippen LogP contribution is 2.23. The molecular weight excluding hydrogens is 356 g/mol. The van der Waals surface area contributed by atoms with E-state index in [1.54, 1.807) is 4.90 Å². The molecule has 1 saturated carbocycles. The predicted molar refractivity (Wildman–Crippen MR) is 106 cm³/mol. The van der Waals surface area contributed by atoms with E-state index in [0.29, 0.717) is 44.2 Å². The average molecular weight is 384 g/mol. The molecule has 28 heavy (non-hydrogen) atoms. The van der Waals surface area contributed by atoms with Crippen LogP contribution in [0.5, 0.6) is 0 Å². The molecule has 0 aromatic heterocycles. The zero-order valence-corrected chi connectivity index (χ0v) is 16.4. The van der Waals surface area contributed by atoms with Gasteiger partial charge in [-0.25, -0.2) is 0 Å². The summed E-state index contributed by atoms with van der Waals surface area (Å²) >= 11 is 0. The number of carbonyl (C=O) groups is 3. The summed E-state index contributed by atoms with van der Waals surface area (Å²) in [6, 6.07) is 7.57. The molecule has 1 N–H and O–H groups in total. The largest absolute Gasteiger partial charge is 0.352 e. The van der Waals surface area contributed by atoms with Crippen LogP contribution in [0.4, 0.5) is 5.69 Å². The number of rotatable bonds is 5. The SMILES string of the molecule is CC(C(=O)NC1CC1)N1CCN(C(=O)c2cccc(N3CCCC3=O)c2)CC1. The number of nitrogens with zero attached hydrogens (tertiary/aromatic N) is 3. The first-order valence-electron chi connectivity index (χ1n) is 10.3. The van der Waals surface area contributed by atoms with Gasteiger partial charge >= 0.3 is 0 Å². The lowest BCUT2D eigenvalue weighted by atomic mass is 10.1. The molecule has 1 aliphatic carbocycles. The van der Waals surface area contributed by atoms with Gasteiger partial charge in [0.1, 0.15) is 0 Å². The minimum Gasteiger partial charge on any atom is -0.352 e. The van der Waals surface area contributed by atoms with Crippen molar-refractivity contribution in [2.24, 2.45) is 0 Å². The molecule has 4 rings (SSSR count). The second-order valence-electron chi connectivity index (χ2n) is 7.99. The van der Waals surface area contributed by atoms with Crippen LogP contribution in [-0.2, 0) is 9.59 Å². The minimum atomic E-state index is -0.164. The summed E-state index contributed by atoms with van der Waals surface area (Å²) in [6.45, 7) is 5.24. The van der Waals surface area contributed by atoms with E-state index >= 15 is 0 Å². The van der Waals surface area contributed by atoms with E-state index in [2.05, 4.69) is 10.2 Å². The molecule has 3 aliphatic rings. The van der Waals surface area contributed by atoms with Crippen molar-refractivity contribution >= 4 is 23.4 Å². The molecule has 3 amide bonds. The van der Waals surface area contributed by atoms with Gasteiger partial charge in [0.05, 0.1) is 6.04 Å². The molecule has 150 valence electrons. The highest BCUT2D eigenvalue weighted by atomic mass is 16.2. The number of amides is 3. The van der Waals surface area contributed by atoms with Crippen molar-refractivity contribution in [3.05, 3.63) is 29.8 Å². The van der Waals surface area contributed by atoms with Crippen LogP contribution in [0.1, 0.15) is 43.0 Å². The Kier molecular flexibility index (Phi) is 5.35. The zero-order chi connectivity index (χ0) is 19.7. The summed E-state index contributed by atoms with van der Waals surface area (Å²) in [7, 11) is 0. The van der Waals surface area contributed by atoms with E-state index in [-0.39, 0.29) is 23.8 Å². The van der Waals surface area contributed by atoms with Crippen LogP contribution in [0.3, 0.4) is 0 Å². The third kappa shape index (κ3) is 4.04. The maximum atomic E-state index is 12.9. The van der Waals surface area contributed by atoms with E-state index < -0.39 is 0 Å². The van der Waals surface area contributed by atoms with E-state index in [1.807, 2.05) is 36.1 Å². The van der Waals surface area contributed by atoms with Crippen LogP contribution in [0.2, 0.25) is 0 Å². The average Bonchev–Trinajstić information content (AvgIpc) is 3.44. The monoisotopic (exact) mass is 384 g/mol. The fourth-order valence-electron chi connectivity index (χ4n) is 3.94. The standard InChI is InChI=1S/C21H28N4O3/c1-15(20(27)22-17-7-8-17)23-10-12-24(13-11-23)21(28)16-4-2-5-18(14-16)25-9-3-6-19(25)26/h2,4-5,14-15,17H,3,6-13H2,1H3,(H,22,27). The minimum absolute atomic E-state index is 0.0109. The van der Waals surface area contributed by atoms with Gasteiger partial charge in [-0.05, 0) is 44.4 Å². The Bertz CT molecular complexity index is 769. The molecule has 2 heterocycles. The van der Waals surface area contributed by atoms with Crippen molar-refractivity contribution in [3.8, 4) is 0 Å². The second-order valence-corrected chi connectivity index (χ2v) is 7.99. The molecule has 7 heteroatoms. The number of hydrogen-bond acceptors (Lipinski definition) is 4. The van der Waals surface area contributed by atoms with Crippen molar-refractivity contribution in [3.63, 3.8) is 0 Å². The Morgan fingerprint density at radius 3 is 2.50 bits per heavy atom. The summed E-state index contributed by atoms with van der Waals surface area (Å²) < 4.78 is 0. The van der Waals surface area contributed by atoms with Crippen LogP contribution >= 0.6 is 0 Å². The van der Waals surface area contributed by atoms with Gasteiger partial charge in [-0.3, -0.25) is 19.3 Å². The van der Waals surface area contributed by atoms with Crippen molar-refractivity contribution in [2.45, 2.75) is 44.7 Å². The molecule has 1 aromatic carbocycles. The van der Waals surface area contributed by atoms with Crippen molar-refractivity contribution in [2.75, 3.05) is 37.6 Å². The Morgan fingerprint density at radius 2 is 1.86 bits per heavy atom. The highest BCUT2D eigenvalue weighted by Gasteiger charge is 2.31. The molecule has 1 unspecified atom stereocenters. The van der Waals surface area contributed by atoms with E-state index in [1.165, 1.54) is 0 Å². The first kappa shape index (κ1) is 18.9. The number of anilines is 1. The van der Waals surface area contributed by atoms with E-state index in [9.17, 15) is 14.4 Å². The smallest absolute Gasteiger partial charge is 0.254 e. The van der Waals surface area contributed by atoms with Crippen LogP contribution in [0.15, 0.2) is 24.3 Å². The first-order valence-corrected chi connectivity index (χ1v) is 10.3. The van der Waals surface area contributed by atoms with Crippen LogP contribution in [0.25, 0.3) is 0 Å². The zero-order valence-electron chi connectivity index (χ0n) is 16.4. The molecule has 1 aromatic rings. The third-order valence-electron chi connectivity index (χ3n) is 5.93. The molecule has 1 atom stereocenters. The molecule has 0 radical (unpaired) electrons. The lowest BCUT2D eigenvalue weighted by Gasteiger charge is -2.37. The topological polar surface area (TPSA) is 73.0 Å².